The van der Waals surface area contributed by atoms with Crippen molar-refractivity contribution in [3.05, 3.63) is 34.4 Å². The summed E-state index contributed by atoms with van der Waals surface area (Å²) >= 11 is 5.94. The minimum absolute atomic E-state index is 0.332. The van der Waals surface area contributed by atoms with Crippen LogP contribution in [0.25, 0.3) is 6.08 Å². The SMILES string of the molecule is C[C@H](O)CNCC1=Cc2cc(Cl)ccc2OC1. The molecule has 0 saturated heterocycles. The first-order valence-corrected chi connectivity index (χ1v) is 6.03. The van der Waals surface area contributed by atoms with Gasteiger partial charge in [-0.15, -0.1) is 0 Å². The van der Waals surface area contributed by atoms with Crippen LogP contribution in [-0.4, -0.2) is 30.9 Å². The van der Waals surface area contributed by atoms with Crippen LogP contribution in [0.4, 0.5) is 0 Å². The Balaban J connectivity index is 2.02. The maximum Gasteiger partial charge on any atom is 0.127 e. The van der Waals surface area contributed by atoms with Gasteiger partial charge in [-0.1, -0.05) is 11.6 Å². The summed E-state index contributed by atoms with van der Waals surface area (Å²) in [6.07, 6.45) is 1.75. The first-order chi connectivity index (χ1) is 8.15. The molecule has 0 amide bonds. The van der Waals surface area contributed by atoms with Gasteiger partial charge in [-0.25, -0.2) is 0 Å². The molecule has 1 atom stereocenters. The lowest BCUT2D eigenvalue weighted by Gasteiger charge is -2.18. The van der Waals surface area contributed by atoms with Gasteiger partial charge in [-0.3, -0.25) is 0 Å². The number of fused-ring (bicyclic) bond motifs is 1. The van der Waals surface area contributed by atoms with Crippen LogP contribution in [0.5, 0.6) is 5.75 Å². The van der Waals surface area contributed by atoms with Gasteiger partial charge >= 0.3 is 0 Å². The van der Waals surface area contributed by atoms with E-state index in [1.54, 1.807) is 6.92 Å². The Hall–Kier alpha value is -1.03. The van der Waals surface area contributed by atoms with Crippen molar-refractivity contribution in [3.63, 3.8) is 0 Å². The summed E-state index contributed by atoms with van der Waals surface area (Å²) < 4.78 is 5.62. The van der Waals surface area contributed by atoms with Crippen molar-refractivity contribution in [2.45, 2.75) is 13.0 Å². The third kappa shape index (κ3) is 3.46. The van der Waals surface area contributed by atoms with E-state index in [2.05, 4.69) is 11.4 Å². The Morgan fingerprint density at radius 3 is 3.12 bits per heavy atom. The number of aliphatic hydroxyl groups excluding tert-OH is 1. The van der Waals surface area contributed by atoms with Crippen molar-refractivity contribution in [1.82, 2.24) is 5.32 Å². The van der Waals surface area contributed by atoms with Crippen LogP contribution in [0.1, 0.15) is 12.5 Å². The Bertz CT molecular complexity index is 429. The maximum absolute atomic E-state index is 9.15. The molecule has 0 bridgehead atoms. The van der Waals surface area contributed by atoms with Gasteiger partial charge in [0.05, 0.1) is 6.10 Å². The second kappa shape index (κ2) is 5.54. The fourth-order valence-electron chi connectivity index (χ4n) is 1.74. The van der Waals surface area contributed by atoms with Crippen LogP contribution < -0.4 is 10.1 Å². The van der Waals surface area contributed by atoms with Crippen molar-refractivity contribution in [2.24, 2.45) is 0 Å². The molecule has 92 valence electrons. The van der Waals surface area contributed by atoms with Crippen LogP contribution in [0, 0.1) is 0 Å². The molecule has 0 spiro atoms. The molecule has 1 aromatic rings. The molecule has 3 nitrogen and oxygen atoms in total. The van der Waals surface area contributed by atoms with Crippen molar-refractivity contribution < 1.29 is 9.84 Å². The first-order valence-electron chi connectivity index (χ1n) is 5.66. The molecule has 1 aliphatic rings. The molecule has 0 aromatic heterocycles. The Morgan fingerprint density at radius 2 is 2.35 bits per heavy atom. The fraction of sp³-hybridized carbons (Fsp3) is 0.385. The molecular formula is C13H16ClNO2. The van der Waals surface area contributed by atoms with Crippen LogP contribution in [0.15, 0.2) is 23.8 Å². The molecule has 2 rings (SSSR count). The molecule has 0 radical (unpaired) electrons. The van der Waals surface area contributed by atoms with E-state index in [0.717, 1.165) is 23.4 Å². The molecular weight excluding hydrogens is 238 g/mol. The molecule has 1 aliphatic heterocycles. The second-order valence-corrected chi connectivity index (χ2v) is 4.69. The summed E-state index contributed by atoms with van der Waals surface area (Å²) in [5.41, 5.74) is 2.16. The van der Waals surface area contributed by atoms with Gasteiger partial charge in [0.15, 0.2) is 0 Å². The lowest BCUT2D eigenvalue weighted by atomic mass is 10.1. The number of aliphatic hydroxyl groups is 1. The highest BCUT2D eigenvalue weighted by atomic mass is 35.5. The monoisotopic (exact) mass is 253 g/mol. The fourth-order valence-corrected chi connectivity index (χ4v) is 1.92. The zero-order valence-electron chi connectivity index (χ0n) is 9.74. The minimum Gasteiger partial charge on any atom is -0.489 e. The van der Waals surface area contributed by atoms with Crippen molar-refractivity contribution in [2.75, 3.05) is 19.7 Å². The number of ether oxygens (including phenoxy) is 1. The molecule has 0 saturated carbocycles. The Labute approximate surface area is 106 Å². The van der Waals surface area contributed by atoms with Gasteiger partial charge in [0.1, 0.15) is 12.4 Å². The van der Waals surface area contributed by atoms with Gasteiger partial charge in [-0.05, 0) is 36.8 Å². The predicted octanol–water partition coefficient (Wildman–Crippen LogP) is 2.09. The largest absolute Gasteiger partial charge is 0.489 e. The van der Waals surface area contributed by atoms with E-state index in [1.807, 2.05) is 18.2 Å². The molecule has 0 aliphatic carbocycles. The minimum atomic E-state index is -0.332. The standard InChI is InChI=1S/C13H16ClNO2/c1-9(16)6-15-7-10-4-11-5-12(14)2-3-13(11)17-8-10/h2-5,9,15-16H,6-8H2,1H3/t9-/m0/s1. The molecule has 2 N–H and O–H groups in total. The van der Waals surface area contributed by atoms with Gasteiger partial charge in [0, 0.05) is 23.7 Å². The van der Waals surface area contributed by atoms with Crippen molar-refractivity contribution in [1.29, 1.82) is 0 Å². The van der Waals surface area contributed by atoms with E-state index in [1.165, 1.54) is 0 Å². The van der Waals surface area contributed by atoms with Crippen molar-refractivity contribution >= 4 is 17.7 Å². The maximum atomic E-state index is 9.15. The topological polar surface area (TPSA) is 41.5 Å². The summed E-state index contributed by atoms with van der Waals surface area (Å²) in [6, 6.07) is 5.60. The van der Waals surface area contributed by atoms with Crippen LogP contribution >= 0.6 is 11.6 Å². The number of hydrogen-bond donors (Lipinski definition) is 2. The summed E-state index contributed by atoms with van der Waals surface area (Å²) in [7, 11) is 0. The number of rotatable bonds is 4. The van der Waals surface area contributed by atoms with Crippen LogP contribution in [0.2, 0.25) is 5.02 Å². The van der Waals surface area contributed by atoms with Crippen molar-refractivity contribution in [3.8, 4) is 5.75 Å². The zero-order chi connectivity index (χ0) is 12.3. The van der Waals surface area contributed by atoms with E-state index in [0.29, 0.717) is 18.2 Å². The van der Waals surface area contributed by atoms with E-state index >= 15 is 0 Å². The second-order valence-electron chi connectivity index (χ2n) is 4.25. The molecule has 1 aromatic carbocycles. The highest BCUT2D eigenvalue weighted by Crippen LogP contribution is 2.28. The van der Waals surface area contributed by atoms with E-state index < -0.39 is 0 Å². The molecule has 17 heavy (non-hydrogen) atoms. The average Bonchev–Trinajstić information content (AvgIpc) is 2.28. The summed E-state index contributed by atoms with van der Waals surface area (Å²) in [4.78, 5) is 0. The summed E-state index contributed by atoms with van der Waals surface area (Å²) in [6.45, 7) is 3.64. The highest BCUT2D eigenvalue weighted by Gasteiger charge is 2.11. The molecule has 0 unspecified atom stereocenters. The summed E-state index contributed by atoms with van der Waals surface area (Å²) in [5.74, 6) is 0.869. The number of benzene rings is 1. The highest BCUT2D eigenvalue weighted by molar-refractivity contribution is 6.30. The predicted molar refractivity (Wildman–Crippen MR) is 69.5 cm³/mol. The van der Waals surface area contributed by atoms with E-state index in [-0.39, 0.29) is 6.10 Å². The van der Waals surface area contributed by atoms with Crippen LogP contribution in [0.3, 0.4) is 0 Å². The van der Waals surface area contributed by atoms with Gasteiger partial charge in [-0.2, -0.15) is 0 Å². The third-order valence-electron chi connectivity index (χ3n) is 2.54. The smallest absolute Gasteiger partial charge is 0.127 e. The first kappa shape index (κ1) is 12.4. The normalized spacial score (nSPS) is 15.8. The molecule has 0 fully saturated rings. The van der Waals surface area contributed by atoms with Gasteiger partial charge < -0.3 is 15.2 Å². The third-order valence-corrected chi connectivity index (χ3v) is 2.77. The van der Waals surface area contributed by atoms with E-state index in [4.69, 9.17) is 21.4 Å². The zero-order valence-corrected chi connectivity index (χ0v) is 10.5. The van der Waals surface area contributed by atoms with Gasteiger partial charge in [0.2, 0.25) is 0 Å². The number of nitrogens with one attached hydrogen (secondary N) is 1. The lowest BCUT2D eigenvalue weighted by molar-refractivity contribution is 0.192. The average molecular weight is 254 g/mol. The molecule has 4 heteroatoms. The summed E-state index contributed by atoms with van der Waals surface area (Å²) in [5, 5.41) is 13.0. The number of halogens is 1. The van der Waals surface area contributed by atoms with Crippen LogP contribution in [-0.2, 0) is 0 Å². The Morgan fingerprint density at radius 1 is 1.53 bits per heavy atom. The quantitative estimate of drug-likeness (QED) is 0.863. The lowest BCUT2D eigenvalue weighted by Crippen LogP contribution is -2.28. The Kier molecular flexibility index (Phi) is 4.05. The molecule has 1 heterocycles. The van der Waals surface area contributed by atoms with E-state index in [9.17, 15) is 0 Å². The van der Waals surface area contributed by atoms with Gasteiger partial charge in [0.25, 0.3) is 0 Å². The number of hydrogen-bond acceptors (Lipinski definition) is 3.